The lowest BCUT2D eigenvalue weighted by atomic mass is 10.1. The average molecular weight is 308 g/mol. The summed E-state index contributed by atoms with van der Waals surface area (Å²) in [7, 11) is 0. The highest BCUT2D eigenvalue weighted by molar-refractivity contribution is 7.13. The molecule has 0 amide bonds. The van der Waals surface area contributed by atoms with Crippen molar-refractivity contribution in [2.45, 2.75) is 26.6 Å². The minimum Gasteiger partial charge on any atom is -0.441 e. The number of carbonyl (C=O) groups excluding carboxylic acids is 2. The van der Waals surface area contributed by atoms with Crippen LogP contribution in [-0.4, -0.2) is 33.1 Å². The zero-order valence-corrected chi connectivity index (χ0v) is 12.5. The van der Waals surface area contributed by atoms with E-state index < -0.39 is 12.0 Å². The highest BCUT2D eigenvalue weighted by Gasteiger charge is 2.18. The van der Waals surface area contributed by atoms with Crippen LogP contribution in [0.1, 0.15) is 24.3 Å². The van der Waals surface area contributed by atoms with Gasteiger partial charge in [0.2, 0.25) is 0 Å². The van der Waals surface area contributed by atoms with Gasteiger partial charge in [-0.2, -0.15) is 5.10 Å². The number of thiazole rings is 1. The van der Waals surface area contributed by atoms with Gasteiger partial charge in [-0.1, -0.05) is 13.8 Å². The zero-order valence-electron chi connectivity index (χ0n) is 11.7. The summed E-state index contributed by atoms with van der Waals surface area (Å²) >= 11 is 1.35. The molecule has 1 atom stereocenters. The molecule has 2 aromatic heterocycles. The third kappa shape index (κ3) is 3.73. The van der Waals surface area contributed by atoms with E-state index in [4.69, 9.17) is 10.5 Å². The first-order valence-corrected chi connectivity index (χ1v) is 7.25. The van der Waals surface area contributed by atoms with Gasteiger partial charge in [-0.25, -0.2) is 9.67 Å². The van der Waals surface area contributed by atoms with Crippen LogP contribution in [0, 0.1) is 5.92 Å². The minimum atomic E-state index is -0.644. The molecule has 0 aliphatic carbocycles. The molecule has 0 bridgehead atoms. The fourth-order valence-electron chi connectivity index (χ4n) is 1.52. The van der Waals surface area contributed by atoms with Gasteiger partial charge in [0, 0.05) is 17.1 Å². The van der Waals surface area contributed by atoms with Crippen molar-refractivity contribution in [3.63, 3.8) is 0 Å². The number of aromatic nitrogens is 3. The maximum Gasteiger partial charge on any atom is 0.324 e. The second-order valence-electron chi connectivity index (χ2n) is 4.83. The summed E-state index contributed by atoms with van der Waals surface area (Å²) in [6.45, 7) is 3.70. The first kappa shape index (κ1) is 15.3. The largest absolute Gasteiger partial charge is 0.441 e. The number of rotatable bonds is 6. The van der Waals surface area contributed by atoms with Crippen molar-refractivity contribution in [1.82, 2.24) is 14.8 Å². The van der Waals surface area contributed by atoms with Crippen molar-refractivity contribution in [2.24, 2.45) is 11.7 Å². The molecule has 0 saturated heterocycles. The summed E-state index contributed by atoms with van der Waals surface area (Å²) in [6, 6.07) is -0.644. The molecule has 0 aliphatic heterocycles. The predicted molar refractivity (Wildman–Crippen MR) is 77.6 cm³/mol. The van der Waals surface area contributed by atoms with Crippen LogP contribution in [0.25, 0.3) is 10.6 Å². The van der Waals surface area contributed by atoms with Crippen LogP contribution in [0.15, 0.2) is 17.8 Å². The summed E-state index contributed by atoms with van der Waals surface area (Å²) < 4.78 is 6.56. The SMILES string of the molecule is CC(C)C(N)C(=O)OCn1cc(-c2nc(C=O)cs2)cn1. The zero-order chi connectivity index (χ0) is 15.4. The van der Waals surface area contributed by atoms with Crippen LogP contribution < -0.4 is 5.73 Å². The maximum atomic E-state index is 11.6. The van der Waals surface area contributed by atoms with Crippen molar-refractivity contribution >= 4 is 23.6 Å². The van der Waals surface area contributed by atoms with Gasteiger partial charge < -0.3 is 10.5 Å². The molecule has 2 aromatic rings. The number of carbonyl (C=O) groups is 2. The molecule has 0 radical (unpaired) electrons. The average Bonchev–Trinajstić information content (AvgIpc) is 3.11. The molecular weight excluding hydrogens is 292 g/mol. The van der Waals surface area contributed by atoms with E-state index in [1.165, 1.54) is 16.0 Å². The van der Waals surface area contributed by atoms with E-state index in [-0.39, 0.29) is 12.6 Å². The van der Waals surface area contributed by atoms with Gasteiger partial charge in [-0.3, -0.25) is 9.59 Å². The lowest BCUT2D eigenvalue weighted by molar-refractivity contribution is -0.150. The van der Waals surface area contributed by atoms with E-state index >= 15 is 0 Å². The van der Waals surface area contributed by atoms with E-state index in [1.54, 1.807) is 17.8 Å². The Kier molecular flexibility index (Phi) is 4.81. The Labute approximate surface area is 125 Å². The summed E-state index contributed by atoms with van der Waals surface area (Å²) in [4.78, 5) is 26.4. The van der Waals surface area contributed by atoms with Crippen LogP contribution in [0.3, 0.4) is 0 Å². The minimum absolute atomic E-state index is 0.00876. The highest BCUT2D eigenvalue weighted by atomic mass is 32.1. The van der Waals surface area contributed by atoms with Crippen molar-refractivity contribution in [3.8, 4) is 10.6 Å². The first-order valence-electron chi connectivity index (χ1n) is 6.37. The summed E-state index contributed by atoms with van der Waals surface area (Å²) in [5.41, 5.74) is 6.84. The maximum absolute atomic E-state index is 11.6. The lowest BCUT2D eigenvalue weighted by Gasteiger charge is -2.14. The van der Waals surface area contributed by atoms with Crippen LogP contribution in [0.4, 0.5) is 0 Å². The molecule has 7 nitrogen and oxygen atoms in total. The van der Waals surface area contributed by atoms with Gasteiger partial charge in [0.25, 0.3) is 0 Å². The third-order valence-electron chi connectivity index (χ3n) is 2.85. The number of nitrogens with zero attached hydrogens (tertiary/aromatic N) is 3. The molecule has 112 valence electrons. The van der Waals surface area contributed by atoms with Gasteiger partial charge in [0.05, 0.1) is 6.20 Å². The molecule has 2 heterocycles. The van der Waals surface area contributed by atoms with Crippen LogP contribution in [0.2, 0.25) is 0 Å². The van der Waals surface area contributed by atoms with Gasteiger partial charge in [-0.05, 0) is 5.92 Å². The number of hydrogen-bond acceptors (Lipinski definition) is 7. The fraction of sp³-hybridized carbons (Fsp3) is 0.385. The van der Waals surface area contributed by atoms with Crippen molar-refractivity contribution in [3.05, 3.63) is 23.5 Å². The monoisotopic (exact) mass is 308 g/mol. The standard InChI is InChI=1S/C13H16N4O3S/c1-8(2)11(14)13(19)20-7-17-4-9(3-15-17)12-16-10(5-18)6-21-12/h3-6,8,11H,7,14H2,1-2H3. The number of aldehydes is 1. The molecule has 0 spiro atoms. The van der Waals surface area contributed by atoms with E-state index in [2.05, 4.69) is 10.1 Å². The van der Waals surface area contributed by atoms with E-state index in [0.29, 0.717) is 17.0 Å². The molecule has 0 aliphatic rings. The molecule has 2 rings (SSSR count). The molecule has 8 heteroatoms. The first-order chi connectivity index (χ1) is 10.0. The van der Waals surface area contributed by atoms with Gasteiger partial charge in [0.1, 0.15) is 16.7 Å². The topological polar surface area (TPSA) is 100 Å². The lowest BCUT2D eigenvalue weighted by Crippen LogP contribution is -2.37. The Hall–Kier alpha value is -2.06. The van der Waals surface area contributed by atoms with Crippen molar-refractivity contribution < 1.29 is 14.3 Å². The van der Waals surface area contributed by atoms with E-state index in [1.807, 2.05) is 13.8 Å². The predicted octanol–water partition coefficient (Wildman–Crippen LogP) is 1.30. The van der Waals surface area contributed by atoms with Gasteiger partial charge in [-0.15, -0.1) is 11.3 Å². The number of ether oxygens (including phenoxy) is 1. The normalized spacial score (nSPS) is 12.4. The second kappa shape index (κ2) is 6.59. The third-order valence-corrected chi connectivity index (χ3v) is 3.76. The van der Waals surface area contributed by atoms with Crippen molar-refractivity contribution in [1.29, 1.82) is 0 Å². The smallest absolute Gasteiger partial charge is 0.324 e. The Morgan fingerprint density at radius 2 is 2.33 bits per heavy atom. The number of nitrogens with two attached hydrogens (primary N) is 1. The number of esters is 1. The Morgan fingerprint density at radius 3 is 2.95 bits per heavy atom. The Balaban J connectivity index is 1.97. The number of hydrogen-bond donors (Lipinski definition) is 1. The quantitative estimate of drug-likeness (QED) is 0.638. The summed E-state index contributed by atoms with van der Waals surface area (Å²) in [5.74, 6) is -0.442. The van der Waals surface area contributed by atoms with Gasteiger partial charge in [0.15, 0.2) is 13.0 Å². The molecule has 0 saturated carbocycles. The van der Waals surface area contributed by atoms with Crippen LogP contribution >= 0.6 is 11.3 Å². The van der Waals surface area contributed by atoms with Crippen LogP contribution in [-0.2, 0) is 16.3 Å². The molecule has 0 aromatic carbocycles. The Morgan fingerprint density at radius 1 is 1.57 bits per heavy atom. The highest BCUT2D eigenvalue weighted by Crippen LogP contribution is 2.22. The summed E-state index contributed by atoms with van der Waals surface area (Å²) in [6.07, 6.45) is 3.99. The molecule has 2 N–H and O–H groups in total. The Bertz CT molecular complexity index is 635. The van der Waals surface area contributed by atoms with Crippen molar-refractivity contribution in [2.75, 3.05) is 0 Å². The molecule has 1 unspecified atom stereocenters. The summed E-state index contributed by atoms with van der Waals surface area (Å²) in [5, 5.41) is 6.44. The van der Waals surface area contributed by atoms with Gasteiger partial charge >= 0.3 is 5.97 Å². The van der Waals surface area contributed by atoms with E-state index in [9.17, 15) is 9.59 Å². The molecule has 21 heavy (non-hydrogen) atoms. The van der Waals surface area contributed by atoms with E-state index in [0.717, 1.165) is 5.56 Å². The van der Waals surface area contributed by atoms with Crippen LogP contribution in [0.5, 0.6) is 0 Å². The molecular formula is C13H16N4O3S. The fourth-order valence-corrected chi connectivity index (χ4v) is 2.26. The second-order valence-corrected chi connectivity index (χ2v) is 5.68. The molecule has 0 fully saturated rings.